The van der Waals surface area contributed by atoms with Crippen molar-refractivity contribution < 1.29 is 9.53 Å². The van der Waals surface area contributed by atoms with Crippen LogP contribution in [0, 0.1) is 0 Å². The van der Waals surface area contributed by atoms with Crippen molar-refractivity contribution in [1.82, 2.24) is 0 Å². The Kier molecular flexibility index (Phi) is 19.6. The Labute approximate surface area is 194 Å². The van der Waals surface area contributed by atoms with Gasteiger partial charge >= 0.3 is 5.97 Å². The standard InChI is InChI=1S/C23H44Br2O2Si/c1-21(2)22(26)27-20-18-16-14-12-10-8-6-4-3-5-7-9-11-13-15-17-19-23(24,25)28/h1,3-20H2,2,28H3. The minimum Gasteiger partial charge on any atom is -0.462 e. The molecule has 0 saturated heterocycles. The number of halogens is 2. The number of unbranched alkanes of at least 4 members (excludes halogenated alkanes) is 15. The highest BCUT2D eigenvalue weighted by Gasteiger charge is 2.13. The van der Waals surface area contributed by atoms with Crippen molar-refractivity contribution in [1.29, 1.82) is 0 Å². The van der Waals surface area contributed by atoms with Crippen LogP contribution in [0.3, 0.4) is 0 Å². The van der Waals surface area contributed by atoms with E-state index in [2.05, 4.69) is 38.4 Å². The molecule has 0 aliphatic heterocycles. The van der Waals surface area contributed by atoms with E-state index in [4.69, 9.17) is 4.74 Å². The fraction of sp³-hybridized carbons (Fsp3) is 0.870. The van der Waals surface area contributed by atoms with E-state index in [9.17, 15) is 4.79 Å². The maximum atomic E-state index is 11.2. The Balaban J connectivity index is 3.10. The van der Waals surface area contributed by atoms with Crippen LogP contribution in [-0.2, 0) is 9.53 Å². The van der Waals surface area contributed by atoms with Gasteiger partial charge in [-0.3, -0.25) is 0 Å². The lowest BCUT2D eigenvalue weighted by molar-refractivity contribution is -0.139. The Bertz CT molecular complexity index is 395. The number of ether oxygens (including phenoxy) is 1. The van der Waals surface area contributed by atoms with Gasteiger partial charge < -0.3 is 4.74 Å². The highest BCUT2D eigenvalue weighted by molar-refractivity contribution is 9.26. The topological polar surface area (TPSA) is 26.3 Å². The Morgan fingerprint density at radius 1 is 0.750 bits per heavy atom. The number of rotatable bonds is 20. The second-order valence-electron chi connectivity index (χ2n) is 8.39. The van der Waals surface area contributed by atoms with Crippen molar-refractivity contribution in [3.63, 3.8) is 0 Å². The zero-order valence-corrected chi connectivity index (χ0v) is 23.7. The normalized spacial score (nSPS) is 11.7. The second kappa shape index (κ2) is 19.4. The van der Waals surface area contributed by atoms with E-state index < -0.39 is 0 Å². The van der Waals surface area contributed by atoms with Gasteiger partial charge in [0.15, 0.2) is 0 Å². The molecule has 0 N–H and O–H groups in total. The van der Waals surface area contributed by atoms with Crippen LogP contribution < -0.4 is 0 Å². The molecule has 5 heteroatoms. The van der Waals surface area contributed by atoms with Gasteiger partial charge in [-0.05, 0) is 19.8 Å². The molecule has 0 spiro atoms. The van der Waals surface area contributed by atoms with Gasteiger partial charge in [-0.2, -0.15) is 0 Å². The lowest BCUT2D eigenvalue weighted by Gasteiger charge is -2.13. The van der Waals surface area contributed by atoms with Gasteiger partial charge in [-0.15, -0.1) is 0 Å². The summed E-state index contributed by atoms with van der Waals surface area (Å²) in [6.07, 6.45) is 22.8. The molecule has 0 bridgehead atoms. The zero-order chi connectivity index (χ0) is 21.1. The van der Waals surface area contributed by atoms with Crippen molar-refractivity contribution in [3.8, 4) is 0 Å². The van der Waals surface area contributed by atoms with Gasteiger partial charge in [0.05, 0.1) is 9.46 Å². The van der Waals surface area contributed by atoms with Crippen molar-refractivity contribution >= 4 is 48.1 Å². The molecule has 2 nitrogen and oxygen atoms in total. The number of alkyl halides is 2. The Hall–Kier alpha value is 0.387. The third-order valence-corrected chi connectivity index (χ3v) is 6.38. The lowest BCUT2D eigenvalue weighted by atomic mass is 10.0. The van der Waals surface area contributed by atoms with Gasteiger partial charge in [-0.25, -0.2) is 4.79 Å². The van der Waals surface area contributed by atoms with Crippen molar-refractivity contribution in [2.45, 2.75) is 119 Å². The number of hydrogen-bond donors (Lipinski definition) is 0. The van der Waals surface area contributed by atoms with Gasteiger partial charge in [0.25, 0.3) is 0 Å². The number of esters is 1. The predicted molar refractivity (Wildman–Crippen MR) is 135 cm³/mol. The molecule has 0 unspecified atom stereocenters. The quantitative estimate of drug-likeness (QED) is 0.0524. The maximum absolute atomic E-state index is 11.2. The molecule has 0 aliphatic carbocycles. The number of carbonyl (C=O) groups is 1. The molecule has 0 aromatic carbocycles. The first-order chi connectivity index (χ1) is 13.3. The molecule has 0 aromatic heterocycles. The monoisotopic (exact) mass is 538 g/mol. The fourth-order valence-electron chi connectivity index (χ4n) is 3.30. The molecular formula is C23H44Br2O2Si. The molecule has 0 aromatic rings. The predicted octanol–water partition coefficient (Wildman–Crippen LogP) is 7.55. The van der Waals surface area contributed by atoms with Crippen LogP contribution in [0.1, 0.15) is 116 Å². The van der Waals surface area contributed by atoms with E-state index in [1.165, 1.54) is 96.3 Å². The van der Waals surface area contributed by atoms with Crippen molar-refractivity contribution in [2.75, 3.05) is 6.61 Å². The summed E-state index contributed by atoms with van der Waals surface area (Å²) in [5.41, 5.74) is 0.490. The Morgan fingerprint density at radius 3 is 1.39 bits per heavy atom. The molecule has 0 atom stereocenters. The summed E-state index contributed by atoms with van der Waals surface area (Å²) in [6, 6.07) is 0. The van der Waals surface area contributed by atoms with Crippen molar-refractivity contribution in [2.24, 2.45) is 0 Å². The smallest absolute Gasteiger partial charge is 0.333 e. The highest BCUT2D eigenvalue weighted by Crippen LogP contribution is 2.28. The van der Waals surface area contributed by atoms with E-state index in [-0.39, 0.29) is 8.83 Å². The van der Waals surface area contributed by atoms with Crippen LogP contribution >= 0.6 is 31.9 Å². The summed E-state index contributed by atoms with van der Waals surface area (Å²) in [4.78, 5) is 11.2. The van der Waals surface area contributed by atoms with Crippen LogP contribution in [0.15, 0.2) is 12.2 Å². The molecule has 0 amide bonds. The molecule has 0 radical (unpaired) electrons. The minimum atomic E-state index is -0.256. The highest BCUT2D eigenvalue weighted by atomic mass is 79.9. The van der Waals surface area contributed by atoms with E-state index in [1.807, 2.05) is 0 Å². The van der Waals surface area contributed by atoms with Crippen LogP contribution in [0.4, 0.5) is 0 Å². The summed E-state index contributed by atoms with van der Waals surface area (Å²) < 4.78 is 5.38. The van der Waals surface area contributed by atoms with E-state index >= 15 is 0 Å². The summed E-state index contributed by atoms with van der Waals surface area (Å²) in [6.45, 7) is 5.82. The van der Waals surface area contributed by atoms with Gasteiger partial charge in [0.2, 0.25) is 0 Å². The van der Waals surface area contributed by atoms with Gasteiger partial charge in [0, 0.05) is 15.8 Å². The van der Waals surface area contributed by atoms with Crippen molar-refractivity contribution in [3.05, 3.63) is 12.2 Å². The minimum absolute atomic E-state index is 0.256. The zero-order valence-electron chi connectivity index (χ0n) is 18.5. The fourth-order valence-corrected chi connectivity index (χ4v) is 4.21. The van der Waals surface area contributed by atoms with Crippen LogP contribution in [-0.4, -0.2) is 25.7 Å². The first-order valence-electron chi connectivity index (χ1n) is 11.5. The average molecular weight is 540 g/mol. The third kappa shape index (κ3) is 22.7. The Morgan fingerprint density at radius 2 is 1.07 bits per heavy atom. The molecule has 0 rings (SSSR count). The van der Waals surface area contributed by atoms with Gasteiger partial charge in [-0.1, -0.05) is 135 Å². The summed E-state index contributed by atoms with van der Waals surface area (Å²) in [7, 11) is 1.16. The van der Waals surface area contributed by atoms with Crippen LogP contribution in [0.5, 0.6) is 0 Å². The molecular weight excluding hydrogens is 496 g/mol. The molecule has 0 saturated carbocycles. The number of carbonyl (C=O) groups excluding carboxylic acids is 1. The second-order valence-corrected chi connectivity index (χ2v) is 17.6. The van der Waals surface area contributed by atoms with E-state index in [1.54, 1.807) is 6.92 Å². The van der Waals surface area contributed by atoms with Crippen LogP contribution in [0.25, 0.3) is 0 Å². The summed E-state index contributed by atoms with van der Waals surface area (Å²) >= 11 is 7.40. The van der Waals surface area contributed by atoms with E-state index in [0.29, 0.717) is 12.2 Å². The molecule has 28 heavy (non-hydrogen) atoms. The molecule has 0 aliphatic rings. The third-order valence-electron chi connectivity index (χ3n) is 5.09. The lowest BCUT2D eigenvalue weighted by Crippen LogP contribution is -2.09. The summed E-state index contributed by atoms with van der Waals surface area (Å²) in [5, 5.41) is 0. The molecule has 0 heterocycles. The van der Waals surface area contributed by atoms with E-state index in [0.717, 1.165) is 23.1 Å². The largest absolute Gasteiger partial charge is 0.462 e. The van der Waals surface area contributed by atoms with Crippen LogP contribution in [0.2, 0.25) is 0 Å². The van der Waals surface area contributed by atoms with Gasteiger partial charge in [0.1, 0.15) is 0 Å². The number of hydrogen-bond acceptors (Lipinski definition) is 2. The first kappa shape index (κ1) is 28.4. The first-order valence-corrected chi connectivity index (χ1v) is 14.1. The maximum Gasteiger partial charge on any atom is 0.333 e. The SMILES string of the molecule is C=C(C)C(=O)OCCCCCCCCCCCCCCCCCCC([SiH3])(Br)Br. The molecule has 0 fully saturated rings. The summed E-state index contributed by atoms with van der Waals surface area (Å²) in [5.74, 6) is -0.256. The average Bonchev–Trinajstić information content (AvgIpc) is 2.62. The molecule has 166 valence electrons.